The molecule has 0 atom stereocenters. The maximum Gasteiger partial charge on any atom is 0.257 e. The van der Waals surface area contributed by atoms with E-state index >= 15 is 0 Å². The van der Waals surface area contributed by atoms with Gasteiger partial charge in [0.15, 0.2) is 0 Å². The van der Waals surface area contributed by atoms with Crippen molar-refractivity contribution >= 4 is 29.3 Å². The quantitative estimate of drug-likeness (QED) is 0.695. The van der Waals surface area contributed by atoms with Crippen LogP contribution in [0.2, 0.25) is 0 Å². The Hall–Kier alpha value is -3.55. The first-order valence-corrected chi connectivity index (χ1v) is 8.57. The fraction of sp³-hybridized carbons (Fsp3) is 0.211. The number of rotatable bonds is 6. The lowest BCUT2D eigenvalue weighted by molar-refractivity contribution is 0.102. The third-order valence-electron chi connectivity index (χ3n) is 3.68. The molecule has 2 aromatic heterocycles. The van der Waals surface area contributed by atoms with E-state index in [1.165, 1.54) is 6.20 Å². The summed E-state index contributed by atoms with van der Waals surface area (Å²) in [6.45, 7) is 1.98. The van der Waals surface area contributed by atoms with Gasteiger partial charge in [0.1, 0.15) is 11.6 Å². The van der Waals surface area contributed by atoms with Gasteiger partial charge in [-0.3, -0.25) is 4.79 Å². The Morgan fingerprint density at radius 2 is 1.81 bits per heavy atom. The zero-order valence-electron chi connectivity index (χ0n) is 15.5. The second kappa shape index (κ2) is 8.22. The highest BCUT2D eigenvalue weighted by Crippen LogP contribution is 2.15. The molecule has 0 aliphatic carbocycles. The van der Waals surface area contributed by atoms with Gasteiger partial charge >= 0.3 is 0 Å². The first-order valence-electron chi connectivity index (χ1n) is 8.57. The molecule has 0 aliphatic rings. The highest BCUT2D eigenvalue weighted by Gasteiger charge is 2.10. The molecule has 0 saturated carbocycles. The van der Waals surface area contributed by atoms with Crippen molar-refractivity contribution in [2.45, 2.75) is 13.3 Å². The lowest BCUT2D eigenvalue weighted by Gasteiger charge is -2.13. The predicted molar refractivity (Wildman–Crippen MR) is 105 cm³/mol. The van der Waals surface area contributed by atoms with Crippen molar-refractivity contribution in [2.75, 3.05) is 29.6 Å². The second-order valence-electron chi connectivity index (χ2n) is 6.00. The van der Waals surface area contributed by atoms with Gasteiger partial charge < -0.3 is 15.5 Å². The molecule has 2 N–H and O–H groups in total. The molecule has 1 amide bonds. The zero-order chi connectivity index (χ0) is 19.2. The lowest BCUT2D eigenvalue weighted by atomic mass is 10.2. The van der Waals surface area contributed by atoms with E-state index in [4.69, 9.17) is 0 Å². The number of hydrogen-bond donors (Lipinski definition) is 2. The number of carbonyl (C=O) groups excluding carboxylic acids is 1. The summed E-state index contributed by atoms with van der Waals surface area (Å²) in [6.07, 6.45) is 2.21. The minimum absolute atomic E-state index is 0.219. The third kappa shape index (κ3) is 4.75. The number of nitrogens with zero attached hydrogens (tertiary/aromatic N) is 5. The average molecular weight is 363 g/mol. The average Bonchev–Trinajstić information content (AvgIpc) is 2.69. The Kier molecular flexibility index (Phi) is 5.55. The summed E-state index contributed by atoms with van der Waals surface area (Å²) >= 11 is 0. The van der Waals surface area contributed by atoms with Crippen LogP contribution in [0, 0.1) is 0 Å². The molecule has 0 bridgehead atoms. The van der Waals surface area contributed by atoms with Crippen LogP contribution in [0.5, 0.6) is 0 Å². The number of aryl methyl sites for hydroxylation is 1. The van der Waals surface area contributed by atoms with Crippen LogP contribution in [-0.2, 0) is 6.42 Å². The molecule has 0 unspecified atom stereocenters. The summed E-state index contributed by atoms with van der Waals surface area (Å²) in [7, 11) is 3.74. The molecule has 27 heavy (non-hydrogen) atoms. The van der Waals surface area contributed by atoms with Crippen LogP contribution in [0.1, 0.15) is 23.1 Å². The molecule has 2 heterocycles. The Morgan fingerprint density at radius 1 is 1.04 bits per heavy atom. The van der Waals surface area contributed by atoms with Crippen LogP contribution < -0.4 is 15.5 Å². The largest absolute Gasteiger partial charge is 0.347 e. The number of nitrogens with one attached hydrogen (secondary N) is 2. The van der Waals surface area contributed by atoms with Gasteiger partial charge in [0.05, 0.1) is 5.56 Å². The number of hydrogen-bond acceptors (Lipinski definition) is 7. The van der Waals surface area contributed by atoms with Gasteiger partial charge in [0.2, 0.25) is 11.9 Å². The van der Waals surface area contributed by atoms with Crippen molar-refractivity contribution in [1.29, 1.82) is 0 Å². The maximum absolute atomic E-state index is 12.3. The van der Waals surface area contributed by atoms with E-state index in [0.29, 0.717) is 35.5 Å². The molecule has 0 fully saturated rings. The summed E-state index contributed by atoms with van der Waals surface area (Å²) in [5.41, 5.74) is 1.20. The summed E-state index contributed by atoms with van der Waals surface area (Å²) in [5.74, 6) is 2.01. The Bertz CT molecular complexity index is 911. The molecule has 0 spiro atoms. The molecule has 8 heteroatoms. The molecule has 0 radical (unpaired) electrons. The van der Waals surface area contributed by atoms with Gasteiger partial charge in [-0.1, -0.05) is 25.1 Å². The van der Waals surface area contributed by atoms with Crippen LogP contribution in [0.4, 0.5) is 23.4 Å². The van der Waals surface area contributed by atoms with Gasteiger partial charge in [-0.05, 0) is 24.3 Å². The van der Waals surface area contributed by atoms with Crippen molar-refractivity contribution in [2.24, 2.45) is 0 Å². The fourth-order valence-electron chi connectivity index (χ4n) is 2.26. The van der Waals surface area contributed by atoms with Crippen LogP contribution in [0.25, 0.3) is 0 Å². The van der Waals surface area contributed by atoms with E-state index in [1.807, 2.05) is 56.3 Å². The third-order valence-corrected chi connectivity index (χ3v) is 3.68. The maximum atomic E-state index is 12.3. The van der Waals surface area contributed by atoms with Crippen LogP contribution in [0.15, 0.2) is 48.7 Å². The van der Waals surface area contributed by atoms with Crippen molar-refractivity contribution in [3.05, 3.63) is 60.0 Å². The predicted octanol–water partition coefficient (Wildman–Crippen LogP) is 2.89. The highest BCUT2D eigenvalue weighted by molar-refractivity contribution is 6.04. The summed E-state index contributed by atoms with van der Waals surface area (Å²) in [4.78, 5) is 31.5. The molecule has 3 rings (SSSR count). The molecule has 1 aromatic carbocycles. The molecular weight excluding hydrogens is 342 g/mol. The van der Waals surface area contributed by atoms with Gasteiger partial charge in [0.25, 0.3) is 5.91 Å². The normalized spacial score (nSPS) is 10.3. The number of anilines is 4. The number of amides is 1. The lowest BCUT2D eigenvalue weighted by Crippen LogP contribution is -2.16. The number of pyridine rings is 1. The number of benzene rings is 1. The van der Waals surface area contributed by atoms with Gasteiger partial charge in [-0.15, -0.1) is 0 Å². The van der Waals surface area contributed by atoms with Gasteiger partial charge in [-0.25, -0.2) is 4.98 Å². The highest BCUT2D eigenvalue weighted by atomic mass is 16.1. The van der Waals surface area contributed by atoms with E-state index in [0.717, 1.165) is 5.69 Å². The fourth-order valence-corrected chi connectivity index (χ4v) is 2.26. The Labute approximate surface area is 157 Å². The van der Waals surface area contributed by atoms with E-state index in [2.05, 4.69) is 30.6 Å². The van der Waals surface area contributed by atoms with E-state index < -0.39 is 0 Å². The summed E-state index contributed by atoms with van der Waals surface area (Å²) in [5, 5.41) is 5.88. The van der Waals surface area contributed by atoms with Crippen molar-refractivity contribution in [3.8, 4) is 0 Å². The standard InChI is InChI=1S/C19H21N7O/c1-4-15-22-18(25-19(24-15)26(2)3)23-16-11-10-13(12-20-16)17(27)21-14-8-6-5-7-9-14/h5-12H,4H2,1-3H3,(H,21,27)(H,20,22,23,24,25). The Morgan fingerprint density at radius 3 is 2.44 bits per heavy atom. The first kappa shape index (κ1) is 18.2. The molecule has 0 saturated heterocycles. The zero-order valence-corrected chi connectivity index (χ0v) is 15.5. The van der Waals surface area contributed by atoms with Crippen LogP contribution in [-0.4, -0.2) is 39.9 Å². The molecule has 3 aromatic rings. The van der Waals surface area contributed by atoms with E-state index in [1.54, 1.807) is 12.1 Å². The SMILES string of the molecule is CCc1nc(Nc2ccc(C(=O)Nc3ccccc3)cn2)nc(N(C)C)n1. The molecular formula is C19H21N7O. The molecule has 0 aliphatic heterocycles. The van der Waals surface area contributed by atoms with Gasteiger partial charge in [0, 0.05) is 32.4 Å². The Balaban J connectivity index is 1.72. The summed E-state index contributed by atoms with van der Waals surface area (Å²) < 4.78 is 0. The monoisotopic (exact) mass is 363 g/mol. The number of para-hydroxylation sites is 1. The summed E-state index contributed by atoms with van der Waals surface area (Å²) in [6, 6.07) is 12.7. The first-order chi connectivity index (χ1) is 13.0. The topological polar surface area (TPSA) is 95.9 Å². The van der Waals surface area contributed by atoms with Gasteiger partial charge in [-0.2, -0.15) is 15.0 Å². The van der Waals surface area contributed by atoms with Crippen molar-refractivity contribution in [3.63, 3.8) is 0 Å². The van der Waals surface area contributed by atoms with E-state index in [9.17, 15) is 4.79 Å². The minimum Gasteiger partial charge on any atom is -0.347 e. The van der Waals surface area contributed by atoms with Crippen molar-refractivity contribution in [1.82, 2.24) is 19.9 Å². The minimum atomic E-state index is -0.219. The van der Waals surface area contributed by atoms with Crippen LogP contribution >= 0.6 is 0 Å². The smallest absolute Gasteiger partial charge is 0.257 e. The number of aromatic nitrogens is 4. The van der Waals surface area contributed by atoms with Crippen LogP contribution in [0.3, 0.4) is 0 Å². The second-order valence-corrected chi connectivity index (χ2v) is 6.00. The molecule has 138 valence electrons. The van der Waals surface area contributed by atoms with E-state index in [-0.39, 0.29) is 5.91 Å². The van der Waals surface area contributed by atoms with Crippen molar-refractivity contribution < 1.29 is 4.79 Å². The molecule has 8 nitrogen and oxygen atoms in total. The number of carbonyl (C=O) groups is 1.